The fourth-order valence-corrected chi connectivity index (χ4v) is 3.41. The van der Waals surface area contributed by atoms with Gasteiger partial charge in [-0.25, -0.2) is 0 Å². The van der Waals surface area contributed by atoms with Crippen LogP contribution in [0.4, 0.5) is 5.69 Å². The molecule has 3 N–H and O–H groups in total. The van der Waals surface area contributed by atoms with Crippen molar-refractivity contribution in [1.82, 2.24) is 20.1 Å². The van der Waals surface area contributed by atoms with Crippen molar-refractivity contribution < 1.29 is 9.59 Å². The van der Waals surface area contributed by atoms with Gasteiger partial charge in [-0.1, -0.05) is 18.2 Å². The Hall–Kier alpha value is -3.19. The lowest BCUT2D eigenvalue weighted by atomic mass is 10.1. The highest BCUT2D eigenvalue weighted by Gasteiger charge is 2.22. The van der Waals surface area contributed by atoms with E-state index in [-0.39, 0.29) is 11.8 Å². The number of aromatic nitrogens is 1. The van der Waals surface area contributed by atoms with Crippen molar-refractivity contribution in [2.24, 2.45) is 0 Å². The molecule has 2 amide bonds. The molecule has 1 aromatic carbocycles. The van der Waals surface area contributed by atoms with E-state index >= 15 is 0 Å². The number of carbonyl (C=O) groups excluding carboxylic acids is 2. The van der Waals surface area contributed by atoms with Gasteiger partial charge >= 0.3 is 0 Å². The first-order valence-corrected chi connectivity index (χ1v) is 10.4. The summed E-state index contributed by atoms with van der Waals surface area (Å²) in [4.78, 5) is 32.7. The van der Waals surface area contributed by atoms with Crippen LogP contribution in [0.1, 0.15) is 28.8 Å². The SMILES string of the molecule is Nc1ccccc1C(=O)N1CCN(CCCCNC(=O)C=Cc2cccnc2)CC1. The van der Waals surface area contributed by atoms with Crippen LogP contribution in [0.5, 0.6) is 0 Å². The second kappa shape index (κ2) is 11.1. The summed E-state index contributed by atoms with van der Waals surface area (Å²) in [7, 11) is 0. The number of nitrogen functional groups attached to an aromatic ring is 1. The first-order valence-electron chi connectivity index (χ1n) is 10.4. The molecule has 0 saturated carbocycles. The monoisotopic (exact) mass is 407 g/mol. The molecule has 30 heavy (non-hydrogen) atoms. The summed E-state index contributed by atoms with van der Waals surface area (Å²) in [5, 5.41) is 2.91. The minimum atomic E-state index is -0.0915. The van der Waals surface area contributed by atoms with Crippen LogP contribution in [0.15, 0.2) is 54.9 Å². The number of rotatable bonds is 8. The second-order valence-corrected chi connectivity index (χ2v) is 7.34. The van der Waals surface area contributed by atoms with Crippen LogP contribution < -0.4 is 11.1 Å². The van der Waals surface area contributed by atoms with E-state index in [1.165, 1.54) is 6.08 Å². The number of nitrogens with zero attached hydrogens (tertiary/aromatic N) is 3. The highest BCUT2D eigenvalue weighted by Crippen LogP contribution is 2.15. The molecule has 0 bridgehead atoms. The number of unbranched alkanes of at least 4 members (excludes halogenated alkanes) is 1. The predicted molar refractivity (Wildman–Crippen MR) is 119 cm³/mol. The quantitative estimate of drug-likeness (QED) is 0.397. The van der Waals surface area contributed by atoms with Crippen LogP contribution in [0, 0.1) is 0 Å². The van der Waals surface area contributed by atoms with Crippen LogP contribution >= 0.6 is 0 Å². The minimum Gasteiger partial charge on any atom is -0.398 e. The number of amides is 2. The summed E-state index contributed by atoms with van der Waals surface area (Å²) < 4.78 is 0. The summed E-state index contributed by atoms with van der Waals surface area (Å²) in [6.07, 6.45) is 8.64. The third-order valence-corrected chi connectivity index (χ3v) is 5.16. The van der Waals surface area contributed by atoms with Crippen LogP contribution in [-0.4, -0.2) is 65.9 Å². The van der Waals surface area contributed by atoms with Crippen molar-refractivity contribution >= 4 is 23.6 Å². The van der Waals surface area contributed by atoms with Crippen LogP contribution in [0.3, 0.4) is 0 Å². The summed E-state index contributed by atoms with van der Waals surface area (Å²) in [5.41, 5.74) is 7.94. The molecule has 0 aliphatic carbocycles. The van der Waals surface area contributed by atoms with E-state index in [4.69, 9.17) is 5.73 Å². The maximum Gasteiger partial charge on any atom is 0.256 e. The number of benzene rings is 1. The molecule has 3 rings (SSSR count). The lowest BCUT2D eigenvalue weighted by Crippen LogP contribution is -2.49. The third-order valence-electron chi connectivity index (χ3n) is 5.16. The molecule has 1 aromatic heterocycles. The van der Waals surface area contributed by atoms with Gasteiger partial charge in [0.15, 0.2) is 0 Å². The van der Waals surface area contributed by atoms with Gasteiger partial charge in [0.1, 0.15) is 0 Å². The molecular weight excluding hydrogens is 378 g/mol. The Balaban J connectivity index is 1.29. The number of hydrogen-bond acceptors (Lipinski definition) is 5. The summed E-state index contributed by atoms with van der Waals surface area (Å²) >= 11 is 0. The Morgan fingerprint density at radius 1 is 1.07 bits per heavy atom. The highest BCUT2D eigenvalue weighted by molar-refractivity contribution is 5.99. The van der Waals surface area contributed by atoms with Crippen molar-refractivity contribution in [3.63, 3.8) is 0 Å². The van der Waals surface area contributed by atoms with Gasteiger partial charge in [-0.05, 0) is 49.2 Å². The van der Waals surface area contributed by atoms with Crippen molar-refractivity contribution in [1.29, 1.82) is 0 Å². The molecule has 0 radical (unpaired) electrons. The average Bonchev–Trinajstić information content (AvgIpc) is 2.78. The number of carbonyl (C=O) groups is 2. The molecule has 0 unspecified atom stereocenters. The Morgan fingerprint density at radius 2 is 1.87 bits per heavy atom. The molecule has 1 aliphatic heterocycles. The first-order chi connectivity index (χ1) is 14.6. The van der Waals surface area contributed by atoms with Gasteiger partial charge in [-0.15, -0.1) is 0 Å². The van der Waals surface area contributed by atoms with Crippen LogP contribution in [-0.2, 0) is 4.79 Å². The summed E-state index contributed by atoms with van der Waals surface area (Å²) in [5.74, 6) is -0.0824. The molecule has 1 aliphatic rings. The molecule has 2 heterocycles. The van der Waals surface area contributed by atoms with Crippen LogP contribution in [0.25, 0.3) is 6.08 Å². The molecule has 1 fully saturated rings. The van der Waals surface area contributed by atoms with Crippen LogP contribution in [0.2, 0.25) is 0 Å². The number of nitrogens with two attached hydrogens (primary N) is 1. The maximum atomic E-state index is 12.6. The van der Waals surface area contributed by atoms with E-state index < -0.39 is 0 Å². The van der Waals surface area contributed by atoms with Crippen molar-refractivity contribution in [3.05, 3.63) is 66.0 Å². The Kier molecular flexibility index (Phi) is 7.97. The molecule has 2 aromatic rings. The minimum absolute atomic E-state index is 0.00908. The number of nitrogens with one attached hydrogen (secondary N) is 1. The van der Waals surface area contributed by atoms with Gasteiger partial charge in [0, 0.05) is 56.9 Å². The van der Waals surface area contributed by atoms with Gasteiger partial charge in [0.2, 0.25) is 5.91 Å². The van der Waals surface area contributed by atoms with E-state index in [2.05, 4.69) is 15.2 Å². The van der Waals surface area contributed by atoms with E-state index in [0.29, 0.717) is 30.9 Å². The van der Waals surface area contributed by atoms with Gasteiger partial charge in [0.05, 0.1) is 5.56 Å². The van der Waals surface area contributed by atoms with E-state index in [1.54, 1.807) is 30.6 Å². The van der Waals surface area contributed by atoms with Crippen molar-refractivity contribution in [2.75, 3.05) is 45.0 Å². The van der Waals surface area contributed by atoms with Crippen molar-refractivity contribution in [2.45, 2.75) is 12.8 Å². The van der Waals surface area contributed by atoms with Gasteiger partial charge in [-0.3, -0.25) is 19.5 Å². The fourth-order valence-electron chi connectivity index (χ4n) is 3.41. The number of hydrogen-bond donors (Lipinski definition) is 2. The van der Waals surface area contributed by atoms with Gasteiger partial charge in [-0.2, -0.15) is 0 Å². The Labute approximate surface area is 177 Å². The molecule has 0 spiro atoms. The summed E-state index contributed by atoms with van der Waals surface area (Å²) in [6.45, 7) is 4.77. The fraction of sp³-hybridized carbons (Fsp3) is 0.348. The van der Waals surface area contributed by atoms with Crippen molar-refractivity contribution in [3.8, 4) is 0 Å². The maximum absolute atomic E-state index is 12.6. The van der Waals surface area contributed by atoms with E-state index in [0.717, 1.165) is 38.0 Å². The number of pyridine rings is 1. The average molecular weight is 408 g/mol. The zero-order chi connectivity index (χ0) is 21.2. The topological polar surface area (TPSA) is 91.6 Å². The molecule has 1 saturated heterocycles. The molecule has 7 heteroatoms. The molecule has 158 valence electrons. The standard InChI is InChI=1S/C23H29N5O2/c24-21-8-2-1-7-20(21)23(30)28-16-14-27(15-17-28)13-4-3-12-26-22(29)10-9-19-6-5-11-25-18-19/h1-2,5-11,18H,3-4,12-17,24H2,(H,26,29). The number of piperazine rings is 1. The lowest BCUT2D eigenvalue weighted by Gasteiger charge is -2.35. The second-order valence-electron chi connectivity index (χ2n) is 7.34. The van der Waals surface area contributed by atoms with E-state index in [9.17, 15) is 9.59 Å². The smallest absolute Gasteiger partial charge is 0.256 e. The normalized spacial score (nSPS) is 14.7. The molecule has 0 atom stereocenters. The van der Waals surface area contributed by atoms with E-state index in [1.807, 2.05) is 29.2 Å². The largest absolute Gasteiger partial charge is 0.398 e. The number of anilines is 1. The Morgan fingerprint density at radius 3 is 2.60 bits per heavy atom. The third kappa shape index (κ3) is 6.42. The zero-order valence-electron chi connectivity index (χ0n) is 17.2. The first kappa shape index (κ1) is 21.5. The zero-order valence-corrected chi connectivity index (χ0v) is 17.2. The predicted octanol–water partition coefficient (Wildman–Crippen LogP) is 2.03. The van der Waals surface area contributed by atoms with Gasteiger partial charge < -0.3 is 16.0 Å². The lowest BCUT2D eigenvalue weighted by molar-refractivity contribution is -0.116. The summed E-state index contributed by atoms with van der Waals surface area (Å²) in [6, 6.07) is 11.0. The highest BCUT2D eigenvalue weighted by atomic mass is 16.2. The molecule has 7 nitrogen and oxygen atoms in total. The Bertz CT molecular complexity index is 861. The van der Waals surface area contributed by atoms with Gasteiger partial charge in [0.25, 0.3) is 5.91 Å². The number of para-hydroxylation sites is 1. The molecular formula is C23H29N5O2.